The number of hydrogen-bond acceptors (Lipinski definition) is 11. The smallest absolute Gasteiger partial charge is 0.294 e. The lowest BCUT2D eigenvalue weighted by molar-refractivity contribution is -0.791. The Morgan fingerprint density at radius 1 is 1.11 bits per heavy atom. The highest BCUT2D eigenvalue weighted by molar-refractivity contribution is 7.89. The number of aromatic nitrogens is 3. The highest BCUT2D eigenvalue weighted by Crippen LogP contribution is 2.34. The molecule has 2 aromatic heterocycles. The number of nitrogens with one attached hydrogen (secondary N) is 1. The third-order valence-electron chi connectivity index (χ3n) is 7.55. The Labute approximate surface area is 253 Å². The van der Waals surface area contributed by atoms with Crippen LogP contribution < -0.4 is 10.3 Å². The summed E-state index contributed by atoms with van der Waals surface area (Å²) in [7, 11) is -4.06. The molecule has 0 spiro atoms. The molecule has 1 saturated heterocycles. The van der Waals surface area contributed by atoms with Gasteiger partial charge in [0.2, 0.25) is 10.0 Å². The van der Waals surface area contributed by atoms with Crippen LogP contribution in [0.1, 0.15) is 52.0 Å². The van der Waals surface area contributed by atoms with Crippen LogP contribution in [-0.2, 0) is 32.7 Å². The van der Waals surface area contributed by atoms with Crippen molar-refractivity contribution in [3.63, 3.8) is 0 Å². The number of ether oxygens (including phenoxy) is 1. The van der Waals surface area contributed by atoms with Crippen molar-refractivity contribution in [3.8, 4) is 17.1 Å². The number of piperidine rings is 1. The van der Waals surface area contributed by atoms with Crippen molar-refractivity contribution >= 4 is 21.1 Å². The molecule has 0 amide bonds. The van der Waals surface area contributed by atoms with Crippen LogP contribution in [0.15, 0.2) is 34.1 Å². The normalized spacial score (nSPS) is 15.2. The molecule has 1 aliphatic heterocycles. The standard InChI is InChI=1S/C27H36N6O10S/c1-4-7-19-16-30(6-3)25-24(19)28-26(29-27(25)34)21-15-20(8-9-22(21)41-14-5-2)44(39,40)31-12-10-18(11-13-31)23(43-33(37)38)17-42-32(35)36/h8-9,15-16,18,23H,4-7,10-14,17H2,1-3H3,(H,28,29,34). The molecule has 1 fully saturated rings. The van der Waals surface area contributed by atoms with Crippen molar-refractivity contribution in [2.45, 2.75) is 70.4 Å². The van der Waals surface area contributed by atoms with E-state index in [1.165, 1.54) is 22.5 Å². The van der Waals surface area contributed by atoms with Gasteiger partial charge in [0, 0.05) is 25.8 Å². The van der Waals surface area contributed by atoms with E-state index < -0.39 is 38.8 Å². The summed E-state index contributed by atoms with van der Waals surface area (Å²) < 4.78 is 36.5. The predicted molar refractivity (Wildman–Crippen MR) is 158 cm³/mol. The molecule has 3 aromatic rings. The van der Waals surface area contributed by atoms with E-state index in [-0.39, 0.29) is 42.2 Å². The van der Waals surface area contributed by atoms with E-state index in [9.17, 15) is 33.4 Å². The molecule has 1 atom stereocenters. The van der Waals surface area contributed by atoms with Gasteiger partial charge in [-0.1, -0.05) is 20.3 Å². The Morgan fingerprint density at radius 3 is 2.45 bits per heavy atom. The molecule has 1 unspecified atom stereocenters. The largest absolute Gasteiger partial charge is 0.493 e. The summed E-state index contributed by atoms with van der Waals surface area (Å²) in [5.74, 6) is 0.00610. The van der Waals surface area contributed by atoms with Crippen molar-refractivity contribution in [1.29, 1.82) is 0 Å². The van der Waals surface area contributed by atoms with E-state index in [1.807, 2.05) is 31.5 Å². The number of rotatable bonds is 15. The first-order chi connectivity index (χ1) is 21.0. The molecule has 1 aliphatic rings. The fourth-order valence-corrected chi connectivity index (χ4v) is 6.92. The summed E-state index contributed by atoms with van der Waals surface area (Å²) in [5, 5.41) is 19.4. The molecule has 1 aromatic carbocycles. The van der Waals surface area contributed by atoms with Gasteiger partial charge in [-0.25, -0.2) is 13.4 Å². The van der Waals surface area contributed by atoms with Crippen LogP contribution >= 0.6 is 0 Å². The maximum absolute atomic E-state index is 13.8. The molecule has 0 aliphatic carbocycles. The first kappa shape index (κ1) is 32.7. The summed E-state index contributed by atoms with van der Waals surface area (Å²) >= 11 is 0. The Hall–Kier alpha value is -4.25. The minimum Gasteiger partial charge on any atom is -0.493 e. The Bertz CT molecular complexity index is 1660. The Balaban J connectivity index is 1.67. The van der Waals surface area contributed by atoms with Crippen molar-refractivity contribution < 1.29 is 33.0 Å². The average molecular weight is 637 g/mol. The number of aryl methyl sites for hydroxylation is 2. The van der Waals surface area contributed by atoms with Gasteiger partial charge in [0.05, 0.1) is 22.6 Å². The lowest BCUT2D eigenvalue weighted by Gasteiger charge is -2.34. The molecule has 4 rings (SSSR count). The number of aromatic amines is 1. The number of sulfonamides is 1. The molecule has 3 heterocycles. The molecule has 17 heteroatoms. The lowest BCUT2D eigenvalue weighted by Crippen LogP contribution is -2.43. The van der Waals surface area contributed by atoms with Gasteiger partial charge in [-0.05, 0) is 62.3 Å². The van der Waals surface area contributed by atoms with Crippen molar-refractivity contribution in [2.24, 2.45) is 5.92 Å². The molecular formula is C27H36N6O10S. The van der Waals surface area contributed by atoms with Crippen molar-refractivity contribution in [1.82, 2.24) is 18.8 Å². The monoisotopic (exact) mass is 636 g/mol. The van der Waals surface area contributed by atoms with Gasteiger partial charge in [0.25, 0.3) is 15.7 Å². The maximum Gasteiger partial charge on any atom is 0.294 e. The van der Waals surface area contributed by atoms with Crippen LogP contribution in [0.4, 0.5) is 0 Å². The summed E-state index contributed by atoms with van der Waals surface area (Å²) in [6, 6.07) is 4.39. The molecule has 1 N–H and O–H groups in total. The van der Waals surface area contributed by atoms with Crippen LogP contribution in [0.25, 0.3) is 22.4 Å². The number of fused-ring (bicyclic) bond motifs is 1. The highest BCUT2D eigenvalue weighted by Gasteiger charge is 2.35. The Kier molecular flexibility index (Phi) is 10.4. The fraction of sp³-hybridized carbons (Fsp3) is 0.556. The van der Waals surface area contributed by atoms with Gasteiger partial charge >= 0.3 is 0 Å². The maximum atomic E-state index is 13.8. The SMILES string of the molecule is CCCOc1ccc(S(=O)(=O)N2CCC(C(CO[N+](=O)[O-])O[N+](=O)[O-])CC2)cc1-c1nc2c(CCC)cn(CC)c2c(=O)[nH]1. The van der Waals surface area contributed by atoms with Crippen molar-refractivity contribution in [2.75, 3.05) is 26.3 Å². The van der Waals surface area contributed by atoms with E-state index in [1.54, 1.807) is 0 Å². The van der Waals surface area contributed by atoms with E-state index in [2.05, 4.69) is 14.7 Å². The van der Waals surface area contributed by atoms with Crippen molar-refractivity contribution in [3.05, 3.63) is 60.5 Å². The van der Waals surface area contributed by atoms with Crippen LogP contribution in [0.2, 0.25) is 0 Å². The molecular weight excluding hydrogens is 600 g/mol. The zero-order valence-corrected chi connectivity index (χ0v) is 25.6. The van der Waals surface area contributed by atoms with E-state index >= 15 is 0 Å². The predicted octanol–water partition coefficient (Wildman–Crippen LogP) is 3.34. The highest BCUT2D eigenvalue weighted by atomic mass is 32.2. The second-order valence-electron chi connectivity index (χ2n) is 10.4. The van der Waals surface area contributed by atoms with E-state index in [4.69, 9.17) is 9.72 Å². The molecule has 0 saturated carbocycles. The lowest BCUT2D eigenvalue weighted by atomic mass is 9.92. The van der Waals surface area contributed by atoms with Gasteiger partial charge < -0.3 is 24.0 Å². The topological polar surface area (TPSA) is 202 Å². The third-order valence-corrected chi connectivity index (χ3v) is 9.45. The summed E-state index contributed by atoms with van der Waals surface area (Å²) in [4.78, 5) is 51.3. The quantitative estimate of drug-likeness (QED) is 0.189. The zero-order chi connectivity index (χ0) is 32.0. The average Bonchev–Trinajstić information content (AvgIpc) is 3.36. The minimum absolute atomic E-state index is 0.00158. The van der Waals surface area contributed by atoms with Crippen LogP contribution in [-0.4, -0.2) is 69.8 Å². The number of hydrogen-bond donors (Lipinski definition) is 1. The fourth-order valence-electron chi connectivity index (χ4n) is 5.43. The van der Waals surface area contributed by atoms with Crippen LogP contribution in [0.5, 0.6) is 5.75 Å². The second-order valence-corrected chi connectivity index (χ2v) is 12.4. The number of nitrogens with zero attached hydrogens (tertiary/aromatic N) is 5. The minimum atomic E-state index is -4.06. The summed E-state index contributed by atoms with van der Waals surface area (Å²) in [5.41, 5.74) is 1.89. The van der Waals surface area contributed by atoms with Gasteiger partial charge in [0.15, 0.2) is 0 Å². The molecule has 240 valence electrons. The van der Waals surface area contributed by atoms with Crippen LogP contribution in [0, 0.1) is 26.1 Å². The first-order valence-electron chi connectivity index (χ1n) is 14.5. The Morgan fingerprint density at radius 2 is 1.84 bits per heavy atom. The van der Waals surface area contributed by atoms with Gasteiger partial charge in [0.1, 0.15) is 29.8 Å². The molecule has 0 bridgehead atoms. The van der Waals surface area contributed by atoms with Gasteiger partial charge in [-0.15, -0.1) is 20.2 Å². The third kappa shape index (κ3) is 7.10. The first-order valence-corrected chi connectivity index (χ1v) is 15.9. The zero-order valence-electron chi connectivity index (χ0n) is 24.8. The van der Waals surface area contributed by atoms with Gasteiger partial charge in [-0.3, -0.25) is 4.79 Å². The molecule has 44 heavy (non-hydrogen) atoms. The summed E-state index contributed by atoms with van der Waals surface area (Å²) in [6.45, 7) is 6.20. The summed E-state index contributed by atoms with van der Waals surface area (Å²) in [6.07, 6.45) is 3.28. The molecule has 0 radical (unpaired) electrons. The van der Waals surface area contributed by atoms with E-state index in [0.717, 1.165) is 12.0 Å². The second kappa shape index (κ2) is 14.0. The van der Waals surface area contributed by atoms with E-state index in [0.29, 0.717) is 48.3 Å². The van der Waals surface area contributed by atoms with Gasteiger partial charge in [-0.2, -0.15) is 4.31 Å². The number of H-pyrrole nitrogens is 1. The van der Waals surface area contributed by atoms with Crippen LogP contribution in [0.3, 0.4) is 0 Å². The number of benzene rings is 1. The molecule has 16 nitrogen and oxygen atoms in total.